The lowest BCUT2D eigenvalue weighted by Crippen LogP contribution is -2.23. The molecule has 0 saturated carbocycles. The summed E-state index contributed by atoms with van der Waals surface area (Å²) < 4.78 is 25.2. The molecule has 0 saturated heterocycles. The molecule has 0 radical (unpaired) electrons. The van der Waals surface area contributed by atoms with Crippen molar-refractivity contribution in [3.05, 3.63) is 100 Å². The Morgan fingerprint density at radius 1 is 1.12 bits per heavy atom. The molecule has 0 atom stereocenters. The van der Waals surface area contributed by atoms with Crippen molar-refractivity contribution in [3.8, 4) is 17.0 Å². The number of nitrogens with zero attached hydrogens (tertiary/aromatic N) is 2. The van der Waals surface area contributed by atoms with Crippen molar-refractivity contribution < 1.29 is 18.4 Å². The average molecular weight is 452 g/mol. The van der Waals surface area contributed by atoms with Crippen molar-refractivity contribution in [3.63, 3.8) is 0 Å². The number of rotatable bonds is 7. The van der Waals surface area contributed by atoms with Crippen molar-refractivity contribution in [2.24, 2.45) is 0 Å². The van der Waals surface area contributed by atoms with E-state index < -0.39 is 11.7 Å². The van der Waals surface area contributed by atoms with Gasteiger partial charge in [0.2, 0.25) is 0 Å². The fourth-order valence-electron chi connectivity index (χ4n) is 3.15. The molecule has 1 amide bonds. The van der Waals surface area contributed by atoms with Gasteiger partial charge in [0.15, 0.2) is 0 Å². The van der Waals surface area contributed by atoms with Crippen molar-refractivity contribution in [1.29, 1.82) is 0 Å². The molecule has 4 rings (SSSR count). The predicted molar refractivity (Wildman–Crippen MR) is 118 cm³/mol. The van der Waals surface area contributed by atoms with Crippen LogP contribution in [-0.2, 0) is 13.2 Å². The molecular weight excluding hydrogens is 433 g/mol. The summed E-state index contributed by atoms with van der Waals surface area (Å²) in [6.45, 7) is 2.22. The zero-order chi connectivity index (χ0) is 22.5. The summed E-state index contributed by atoms with van der Waals surface area (Å²) >= 11 is 6.13. The van der Waals surface area contributed by atoms with Crippen molar-refractivity contribution in [1.82, 2.24) is 15.5 Å². The number of aryl methyl sites for hydroxylation is 1. The fraction of sp³-hybridized carbons (Fsp3) is 0.125. The molecular formula is C24H19ClFN3O3. The molecule has 0 aliphatic heterocycles. The predicted octanol–water partition coefficient (Wildman–Crippen LogP) is 5.35. The lowest BCUT2D eigenvalue weighted by atomic mass is 10.0. The van der Waals surface area contributed by atoms with E-state index in [2.05, 4.69) is 15.5 Å². The Morgan fingerprint density at radius 3 is 2.66 bits per heavy atom. The zero-order valence-corrected chi connectivity index (χ0v) is 17.9. The second-order valence-corrected chi connectivity index (χ2v) is 7.40. The van der Waals surface area contributed by atoms with Crippen LogP contribution in [0.15, 0.2) is 71.4 Å². The van der Waals surface area contributed by atoms with E-state index in [1.54, 1.807) is 13.1 Å². The minimum absolute atomic E-state index is 0.0329. The van der Waals surface area contributed by atoms with Gasteiger partial charge in [0.05, 0.1) is 16.3 Å². The maximum absolute atomic E-state index is 14.3. The lowest BCUT2D eigenvalue weighted by molar-refractivity contribution is 0.0950. The van der Waals surface area contributed by atoms with Crippen molar-refractivity contribution >= 4 is 17.5 Å². The van der Waals surface area contributed by atoms with Gasteiger partial charge in [-0.3, -0.25) is 9.78 Å². The Morgan fingerprint density at radius 2 is 1.94 bits per heavy atom. The Labute approximate surface area is 189 Å². The number of ether oxygens (including phenoxy) is 1. The minimum atomic E-state index is -0.582. The molecule has 1 N–H and O–H groups in total. The van der Waals surface area contributed by atoms with Crippen LogP contribution in [0, 0.1) is 12.7 Å². The minimum Gasteiger partial charge on any atom is -0.487 e. The van der Waals surface area contributed by atoms with Crippen LogP contribution in [0.2, 0.25) is 5.02 Å². The molecule has 2 heterocycles. The van der Waals surface area contributed by atoms with Gasteiger partial charge in [0.25, 0.3) is 5.91 Å². The van der Waals surface area contributed by atoms with Crippen molar-refractivity contribution in [2.45, 2.75) is 20.1 Å². The number of amides is 1. The van der Waals surface area contributed by atoms with Gasteiger partial charge in [0.1, 0.15) is 35.2 Å². The van der Waals surface area contributed by atoms with Crippen molar-refractivity contribution in [2.75, 3.05) is 0 Å². The smallest absolute Gasteiger partial charge is 0.257 e. The van der Waals surface area contributed by atoms with E-state index in [1.165, 1.54) is 18.2 Å². The normalized spacial score (nSPS) is 10.7. The van der Waals surface area contributed by atoms with Crippen LogP contribution in [0.5, 0.6) is 5.75 Å². The molecule has 32 heavy (non-hydrogen) atoms. The maximum atomic E-state index is 14.3. The number of carbonyl (C=O) groups is 1. The first-order valence-corrected chi connectivity index (χ1v) is 10.2. The van der Waals surface area contributed by atoms with Gasteiger partial charge in [-0.05, 0) is 48.9 Å². The first-order chi connectivity index (χ1) is 15.5. The highest BCUT2D eigenvalue weighted by Gasteiger charge is 2.25. The van der Waals surface area contributed by atoms with Crippen LogP contribution in [-0.4, -0.2) is 16.0 Å². The number of benzene rings is 2. The van der Waals surface area contributed by atoms with E-state index in [0.29, 0.717) is 12.4 Å². The molecule has 6 nitrogen and oxygen atoms in total. The standard InChI is InChI=1S/C24H19ClFN3O3/c1-15-21(23(29-32-15)22-19(25)6-4-7-20(22)26)24(30)28-13-16-8-10-18(11-9-16)31-14-17-5-2-3-12-27-17/h2-12H,13-14H2,1H3,(H,28,30). The highest BCUT2D eigenvalue weighted by atomic mass is 35.5. The van der Waals surface area contributed by atoms with E-state index in [1.807, 2.05) is 42.5 Å². The van der Waals surface area contributed by atoms with Crippen LogP contribution < -0.4 is 10.1 Å². The van der Waals surface area contributed by atoms with E-state index in [4.69, 9.17) is 20.9 Å². The van der Waals surface area contributed by atoms with Crippen LogP contribution in [0.1, 0.15) is 27.4 Å². The third-order valence-electron chi connectivity index (χ3n) is 4.78. The first-order valence-electron chi connectivity index (χ1n) is 9.83. The third kappa shape index (κ3) is 4.78. The summed E-state index contributed by atoms with van der Waals surface area (Å²) in [6, 6.07) is 17.2. The monoisotopic (exact) mass is 451 g/mol. The number of aromatic nitrogens is 2. The third-order valence-corrected chi connectivity index (χ3v) is 5.09. The summed E-state index contributed by atoms with van der Waals surface area (Å²) in [7, 11) is 0. The summed E-state index contributed by atoms with van der Waals surface area (Å²) in [6.07, 6.45) is 1.72. The second kappa shape index (κ2) is 9.62. The van der Waals surface area contributed by atoms with E-state index in [9.17, 15) is 9.18 Å². The summed E-state index contributed by atoms with van der Waals surface area (Å²) in [5.41, 5.74) is 1.95. The fourth-order valence-corrected chi connectivity index (χ4v) is 3.40. The Bertz CT molecular complexity index is 1210. The van der Waals surface area contributed by atoms with Crippen LogP contribution in [0.4, 0.5) is 4.39 Å². The van der Waals surface area contributed by atoms with Crippen LogP contribution in [0.25, 0.3) is 11.3 Å². The van der Waals surface area contributed by atoms with Gasteiger partial charge in [-0.1, -0.05) is 41.0 Å². The van der Waals surface area contributed by atoms with Gasteiger partial charge >= 0.3 is 0 Å². The number of hydrogen-bond acceptors (Lipinski definition) is 5. The van der Waals surface area contributed by atoms with Crippen LogP contribution >= 0.6 is 11.6 Å². The SMILES string of the molecule is Cc1onc(-c2c(F)cccc2Cl)c1C(=O)NCc1ccc(OCc2ccccn2)cc1. The van der Waals surface area contributed by atoms with Gasteiger partial charge in [-0.25, -0.2) is 4.39 Å². The first kappa shape index (κ1) is 21.5. The molecule has 8 heteroatoms. The quantitative estimate of drug-likeness (QED) is 0.410. The van der Waals surface area contributed by atoms with E-state index in [0.717, 1.165) is 11.3 Å². The molecule has 0 aliphatic rings. The average Bonchev–Trinajstić information content (AvgIpc) is 3.18. The number of hydrogen-bond donors (Lipinski definition) is 1. The Balaban J connectivity index is 1.42. The molecule has 2 aromatic carbocycles. The number of pyridine rings is 1. The van der Waals surface area contributed by atoms with E-state index in [-0.39, 0.29) is 34.1 Å². The molecule has 0 bridgehead atoms. The molecule has 0 aliphatic carbocycles. The number of carbonyl (C=O) groups excluding carboxylic acids is 1. The lowest BCUT2D eigenvalue weighted by Gasteiger charge is -2.09. The van der Waals surface area contributed by atoms with Gasteiger partial charge in [-0.15, -0.1) is 0 Å². The summed E-state index contributed by atoms with van der Waals surface area (Å²) in [5.74, 6) is -0.0538. The highest BCUT2D eigenvalue weighted by molar-refractivity contribution is 6.33. The molecule has 162 valence electrons. The molecule has 4 aromatic rings. The zero-order valence-electron chi connectivity index (χ0n) is 17.1. The Kier molecular flexibility index (Phi) is 6.47. The molecule has 0 unspecified atom stereocenters. The van der Waals surface area contributed by atoms with Gasteiger partial charge in [0, 0.05) is 12.7 Å². The molecule has 2 aromatic heterocycles. The maximum Gasteiger partial charge on any atom is 0.257 e. The summed E-state index contributed by atoms with van der Waals surface area (Å²) in [5, 5.41) is 6.82. The van der Waals surface area contributed by atoms with Gasteiger partial charge < -0.3 is 14.6 Å². The highest BCUT2D eigenvalue weighted by Crippen LogP contribution is 2.33. The van der Waals surface area contributed by atoms with Crippen LogP contribution in [0.3, 0.4) is 0 Å². The Hall–Kier alpha value is -3.71. The largest absolute Gasteiger partial charge is 0.487 e. The van der Waals surface area contributed by atoms with Gasteiger partial charge in [-0.2, -0.15) is 0 Å². The number of nitrogens with one attached hydrogen (secondary N) is 1. The molecule has 0 fully saturated rings. The molecule has 0 spiro atoms. The summed E-state index contributed by atoms with van der Waals surface area (Å²) in [4.78, 5) is 17.0. The van der Waals surface area contributed by atoms with E-state index >= 15 is 0 Å². The topological polar surface area (TPSA) is 77.2 Å². The number of halogens is 2. The second-order valence-electron chi connectivity index (χ2n) is 7.00.